The molecule has 0 aliphatic heterocycles. The molecule has 0 bridgehead atoms. The molecule has 0 radical (unpaired) electrons. The lowest BCUT2D eigenvalue weighted by Crippen LogP contribution is -2.20. The molecule has 1 amide bonds. The smallest absolute Gasteiger partial charge is 0.264 e. The Labute approximate surface area is 102 Å². The summed E-state index contributed by atoms with van der Waals surface area (Å²) in [7, 11) is 0. The minimum atomic E-state index is -0.247. The highest BCUT2D eigenvalue weighted by molar-refractivity contribution is 7.13. The summed E-state index contributed by atoms with van der Waals surface area (Å²) in [6, 6.07) is 7.53. The highest BCUT2D eigenvalue weighted by Crippen LogP contribution is 2.12. The van der Waals surface area contributed by atoms with Crippen LogP contribution in [0.4, 0.5) is 5.13 Å². The van der Waals surface area contributed by atoms with E-state index in [1.807, 2.05) is 31.2 Å². The Bertz CT molecular complexity index is 499. The molecule has 0 unspecified atom stereocenters. The van der Waals surface area contributed by atoms with Crippen LogP contribution in [-0.4, -0.2) is 22.7 Å². The number of nitrogens with zero attached hydrogens (tertiary/aromatic N) is 2. The van der Waals surface area contributed by atoms with E-state index in [2.05, 4.69) is 15.5 Å². The first-order valence-electron chi connectivity index (χ1n) is 4.99. The van der Waals surface area contributed by atoms with E-state index < -0.39 is 0 Å². The number of aromatic nitrogens is 2. The Hall–Kier alpha value is -1.95. The van der Waals surface area contributed by atoms with E-state index in [4.69, 9.17) is 4.74 Å². The van der Waals surface area contributed by atoms with Crippen molar-refractivity contribution in [3.63, 3.8) is 0 Å². The summed E-state index contributed by atoms with van der Waals surface area (Å²) in [6.45, 7) is 1.93. The van der Waals surface area contributed by atoms with Gasteiger partial charge in [0.2, 0.25) is 5.13 Å². The summed E-state index contributed by atoms with van der Waals surface area (Å²) in [5.74, 6) is 0.431. The normalized spacial score (nSPS) is 9.94. The topological polar surface area (TPSA) is 64.1 Å². The van der Waals surface area contributed by atoms with Gasteiger partial charge in [0.1, 0.15) is 11.3 Å². The fraction of sp³-hybridized carbons (Fsp3) is 0.182. The molecule has 88 valence electrons. The molecule has 2 aromatic rings. The predicted octanol–water partition coefficient (Wildman–Crippen LogP) is 1.86. The second-order valence-corrected chi connectivity index (χ2v) is 4.23. The maximum absolute atomic E-state index is 11.5. The van der Waals surface area contributed by atoms with Crippen LogP contribution >= 0.6 is 11.3 Å². The van der Waals surface area contributed by atoms with Crippen molar-refractivity contribution in [1.29, 1.82) is 0 Å². The van der Waals surface area contributed by atoms with Crippen LogP contribution < -0.4 is 10.1 Å². The van der Waals surface area contributed by atoms with Crippen LogP contribution in [0.3, 0.4) is 0 Å². The lowest BCUT2D eigenvalue weighted by molar-refractivity contribution is -0.118. The zero-order chi connectivity index (χ0) is 12.1. The molecule has 5 nitrogen and oxygen atoms in total. The van der Waals surface area contributed by atoms with Crippen molar-refractivity contribution in [3.05, 3.63) is 35.3 Å². The van der Waals surface area contributed by atoms with Gasteiger partial charge in [-0.1, -0.05) is 23.5 Å². The van der Waals surface area contributed by atoms with E-state index >= 15 is 0 Å². The van der Waals surface area contributed by atoms with E-state index in [0.29, 0.717) is 10.9 Å². The van der Waals surface area contributed by atoms with Gasteiger partial charge < -0.3 is 4.74 Å². The molecule has 1 heterocycles. The van der Waals surface area contributed by atoms with Gasteiger partial charge in [-0.2, -0.15) is 0 Å². The number of ether oxygens (including phenoxy) is 1. The summed E-state index contributed by atoms with van der Waals surface area (Å²) in [6.07, 6.45) is 0. The average molecular weight is 249 g/mol. The molecule has 17 heavy (non-hydrogen) atoms. The molecule has 0 saturated carbocycles. The van der Waals surface area contributed by atoms with Gasteiger partial charge in [0, 0.05) is 0 Å². The van der Waals surface area contributed by atoms with Crippen LogP contribution in [0, 0.1) is 6.92 Å². The number of amides is 1. The van der Waals surface area contributed by atoms with Crippen molar-refractivity contribution in [2.75, 3.05) is 11.9 Å². The Morgan fingerprint density at radius 3 is 3.12 bits per heavy atom. The number of carbonyl (C=O) groups excluding carboxylic acids is 1. The zero-order valence-electron chi connectivity index (χ0n) is 9.21. The quantitative estimate of drug-likeness (QED) is 0.898. The van der Waals surface area contributed by atoms with Crippen LogP contribution in [0.5, 0.6) is 5.75 Å². The summed E-state index contributed by atoms with van der Waals surface area (Å²) < 4.78 is 5.34. The number of hydrogen-bond donors (Lipinski definition) is 1. The third kappa shape index (κ3) is 3.53. The molecule has 0 fully saturated rings. The second kappa shape index (κ2) is 5.40. The van der Waals surface area contributed by atoms with Crippen LogP contribution in [0.2, 0.25) is 0 Å². The largest absolute Gasteiger partial charge is 0.484 e. The van der Waals surface area contributed by atoms with E-state index in [9.17, 15) is 4.79 Å². The van der Waals surface area contributed by atoms with Gasteiger partial charge in [-0.05, 0) is 24.6 Å². The number of benzene rings is 1. The van der Waals surface area contributed by atoms with Crippen LogP contribution in [0.15, 0.2) is 29.8 Å². The molecule has 0 aliphatic rings. The summed E-state index contributed by atoms with van der Waals surface area (Å²) in [4.78, 5) is 11.5. The summed E-state index contributed by atoms with van der Waals surface area (Å²) in [5, 5.41) is 10.4. The van der Waals surface area contributed by atoms with E-state index in [-0.39, 0.29) is 12.5 Å². The first-order valence-corrected chi connectivity index (χ1v) is 5.87. The first-order chi connectivity index (χ1) is 8.24. The average Bonchev–Trinajstić information content (AvgIpc) is 2.79. The van der Waals surface area contributed by atoms with E-state index in [1.54, 1.807) is 5.51 Å². The van der Waals surface area contributed by atoms with Gasteiger partial charge in [0.05, 0.1) is 0 Å². The van der Waals surface area contributed by atoms with Gasteiger partial charge in [-0.15, -0.1) is 10.2 Å². The maximum Gasteiger partial charge on any atom is 0.264 e. The molecule has 2 rings (SSSR count). The standard InChI is InChI=1S/C11H11N3O2S/c1-8-3-2-4-9(5-8)16-6-10(15)13-11-14-12-7-17-11/h2-5,7H,6H2,1H3,(H,13,14,15). The highest BCUT2D eigenvalue weighted by atomic mass is 32.1. The van der Waals surface area contributed by atoms with Crippen molar-refractivity contribution in [3.8, 4) is 5.75 Å². The molecule has 0 spiro atoms. The fourth-order valence-electron chi connectivity index (χ4n) is 1.24. The predicted molar refractivity (Wildman–Crippen MR) is 65.2 cm³/mol. The number of carbonyl (C=O) groups is 1. The van der Waals surface area contributed by atoms with Crippen molar-refractivity contribution in [1.82, 2.24) is 10.2 Å². The van der Waals surface area contributed by atoms with Crippen molar-refractivity contribution in [2.45, 2.75) is 6.92 Å². The first kappa shape index (κ1) is 11.5. The molecular formula is C11H11N3O2S. The Kier molecular flexibility index (Phi) is 3.66. The van der Waals surface area contributed by atoms with Gasteiger partial charge >= 0.3 is 0 Å². The van der Waals surface area contributed by atoms with Crippen molar-refractivity contribution >= 4 is 22.4 Å². The molecule has 0 atom stereocenters. The zero-order valence-corrected chi connectivity index (χ0v) is 10.0. The molecule has 1 N–H and O–H groups in total. The summed E-state index contributed by atoms with van der Waals surface area (Å²) in [5.41, 5.74) is 2.64. The van der Waals surface area contributed by atoms with Gasteiger partial charge in [0.25, 0.3) is 5.91 Å². The number of rotatable bonds is 4. The van der Waals surface area contributed by atoms with Crippen LogP contribution in [0.25, 0.3) is 0 Å². The minimum Gasteiger partial charge on any atom is -0.484 e. The third-order valence-electron chi connectivity index (χ3n) is 1.97. The molecular weight excluding hydrogens is 238 g/mol. The van der Waals surface area contributed by atoms with Gasteiger partial charge in [0.15, 0.2) is 6.61 Å². The highest BCUT2D eigenvalue weighted by Gasteiger charge is 2.05. The molecule has 1 aromatic heterocycles. The molecule has 0 aliphatic carbocycles. The van der Waals surface area contributed by atoms with Gasteiger partial charge in [-0.25, -0.2) is 0 Å². The lowest BCUT2D eigenvalue weighted by atomic mass is 10.2. The van der Waals surface area contributed by atoms with Crippen molar-refractivity contribution in [2.24, 2.45) is 0 Å². The number of aryl methyl sites for hydroxylation is 1. The lowest BCUT2D eigenvalue weighted by Gasteiger charge is -2.05. The Morgan fingerprint density at radius 1 is 1.53 bits per heavy atom. The fourth-order valence-corrected chi connectivity index (χ4v) is 1.70. The molecule has 6 heteroatoms. The Morgan fingerprint density at radius 2 is 2.41 bits per heavy atom. The second-order valence-electron chi connectivity index (χ2n) is 3.40. The van der Waals surface area contributed by atoms with E-state index in [0.717, 1.165) is 5.56 Å². The molecule has 0 saturated heterocycles. The SMILES string of the molecule is Cc1cccc(OCC(=O)Nc2nncs2)c1. The number of hydrogen-bond acceptors (Lipinski definition) is 5. The third-order valence-corrected chi connectivity index (χ3v) is 2.57. The van der Waals surface area contributed by atoms with E-state index in [1.165, 1.54) is 11.3 Å². The minimum absolute atomic E-state index is 0.0387. The monoisotopic (exact) mass is 249 g/mol. The van der Waals surface area contributed by atoms with Crippen molar-refractivity contribution < 1.29 is 9.53 Å². The maximum atomic E-state index is 11.5. The number of nitrogens with one attached hydrogen (secondary N) is 1. The Balaban J connectivity index is 1.84. The van der Waals surface area contributed by atoms with Crippen LogP contribution in [0.1, 0.15) is 5.56 Å². The number of anilines is 1. The molecule has 1 aromatic carbocycles. The summed E-state index contributed by atoms with van der Waals surface area (Å²) >= 11 is 1.27. The van der Waals surface area contributed by atoms with Gasteiger partial charge in [-0.3, -0.25) is 10.1 Å². The van der Waals surface area contributed by atoms with Crippen LogP contribution in [-0.2, 0) is 4.79 Å².